The summed E-state index contributed by atoms with van der Waals surface area (Å²) in [6.45, 7) is 0. The summed E-state index contributed by atoms with van der Waals surface area (Å²) in [7, 11) is -2.17. The van der Waals surface area contributed by atoms with Gasteiger partial charge in [0, 0.05) is 0 Å². The van der Waals surface area contributed by atoms with E-state index < -0.39 is 43.7 Å². The zero-order valence-electron chi connectivity index (χ0n) is 9.72. The van der Waals surface area contributed by atoms with Gasteiger partial charge in [-0.15, -0.1) is 0 Å². The maximum atomic E-state index is 10.3. The lowest BCUT2D eigenvalue weighted by Gasteiger charge is -2.18. The van der Waals surface area contributed by atoms with Crippen LogP contribution in [0.5, 0.6) is 0 Å². The molecule has 0 aromatic heterocycles. The Hall–Kier alpha value is -1.44. The van der Waals surface area contributed by atoms with E-state index in [-0.39, 0.29) is 18.6 Å². The molecule has 0 aliphatic heterocycles. The van der Waals surface area contributed by atoms with Crippen molar-refractivity contribution in [2.24, 2.45) is 0 Å². The third-order valence-corrected chi connectivity index (χ3v) is 1.29. The Morgan fingerprint density at radius 2 is 1.11 bits per heavy atom. The summed E-state index contributed by atoms with van der Waals surface area (Å²) in [5.41, 5.74) is -2.74. The van der Waals surface area contributed by atoms with Crippen molar-refractivity contribution in [2.75, 3.05) is 0 Å². The molecule has 0 heterocycles. The van der Waals surface area contributed by atoms with Crippen LogP contribution >= 0.6 is 0 Å². The van der Waals surface area contributed by atoms with E-state index in [9.17, 15) is 14.4 Å². The first-order chi connectivity index (χ1) is 7.51. The summed E-state index contributed by atoms with van der Waals surface area (Å²) in [6.07, 6.45) is -2.29. The molecule has 0 aliphatic rings. The highest BCUT2D eigenvalue weighted by Gasteiger charge is 2.40. The lowest BCUT2D eigenvalue weighted by atomic mass is 9.96. The van der Waals surface area contributed by atoms with Gasteiger partial charge in [0.15, 0.2) is 5.60 Å². The first-order valence-electron chi connectivity index (χ1n) is 3.95. The van der Waals surface area contributed by atoms with Crippen LogP contribution in [0.3, 0.4) is 0 Å². The zero-order valence-corrected chi connectivity index (χ0v) is 10.5. The van der Waals surface area contributed by atoms with Gasteiger partial charge in [-0.2, -0.15) is 0 Å². The number of carboxylic acid groups (broad SMARTS) is 3. The molecule has 0 radical (unpaired) electrons. The normalized spacial score (nSPS) is 8.84. The average molecular weight is 307 g/mol. The highest BCUT2D eigenvalue weighted by Crippen LogP contribution is 2.15. The second-order valence-electron chi connectivity index (χ2n) is 2.82. The van der Waals surface area contributed by atoms with E-state index in [2.05, 4.69) is 0 Å². The summed E-state index contributed by atoms with van der Waals surface area (Å²) < 4.78 is 0. The van der Waals surface area contributed by atoms with Crippen molar-refractivity contribution in [3.05, 3.63) is 0 Å². The van der Waals surface area contributed by atoms with Gasteiger partial charge in [0.2, 0.25) is 0 Å². The minimum Gasteiger partial charge on any atom is -1.00 e. The molecule has 11 nitrogen and oxygen atoms in total. The van der Waals surface area contributed by atoms with E-state index >= 15 is 0 Å². The number of aliphatic carboxylic acids is 3. The SMILES string of the molecule is O=C(O)CC(O)(CC(=O)O)C(=O)O.OB(O)O.[Cl-].[NH4+]. The Labute approximate surface area is 113 Å². The molecule has 0 fully saturated rings. The van der Waals surface area contributed by atoms with Gasteiger partial charge in [-0.1, -0.05) is 0 Å². The number of rotatable bonds is 5. The van der Waals surface area contributed by atoms with Crippen LogP contribution in [0.1, 0.15) is 12.8 Å². The molecule has 0 rings (SSSR count). The molecule has 0 unspecified atom stereocenters. The van der Waals surface area contributed by atoms with Crippen LogP contribution in [0.4, 0.5) is 0 Å². The van der Waals surface area contributed by atoms with Crippen LogP contribution in [0.15, 0.2) is 0 Å². The molecule has 0 aromatic rings. The van der Waals surface area contributed by atoms with E-state index in [4.69, 9.17) is 35.5 Å². The van der Waals surface area contributed by atoms with Crippen molar-refractivity contribution in [3.8, 4) is 0 Å². The van der Waals surface area contributed by atoms with Crippen LogP contribution < -0.4 is 18.6 Å². The molecule has 114 valence electrons. The minimum absolute atomic E-state index is 0. The smallest absolute Gasteiger partial charge is 0.631 e. The fourth-order valence-electron chi connectivity index (χ4n) is 0.714. The van der Waals surface area contributed by atoms with Crippen molar-refractivity contribution in [2.45, 2.75) is 18.4 Å². The molecule has 0 amide bonds. The molecule has 0 aliphatic carbocycles. The van der Waals surface area contributed by atoms with E-state index in [1.54, 1.807) is 0 Å². The van der Waals surface area contributed by atoms with Gasteiger partial charge >= 0.3 is 25.2 Å². The topological polar surface area (TPSA) is 229 Å². The number of aliphatic hydroxyl groups is 1. The third-order valence-electron chi connectivity index (χ3n) is 1.29. The van der Waals surface area contributed by atoms with Crippen LogP contribution in [0.25, 0.3) is 0 Å². The Kier molecular flexibility index (Phi) is 16.1. The number of carboxylic acids is 3. The second kappa shape index (κ2) is 11.6. The molecule has 0 atom stereocenters. The molecular weight excluding hydrogens is 292 g/mol. The molecule has 13 heteroatoms. The van der Waals surface area contributed by atoms with Crippen molar-refractivity contribution in [1.29, 1.82) is 0 Å². The first kappa shape index (κ1) is 26.2. The van der Waals surface area contributed by atoms with Gasteiger partial charge in [-0.3, -0.25) is 9.59 Å². The van der Waals surface area contributed by atoms with Crippen molar-refractivity contribution >= 4 is 25.2 Å². The van der Waals surface area contributed by atoms with Gasteiger partial charge in [-0.25, -0.2) is 4.79 Å². The van der Waals surface area contributed by atoms with Gasteiger partial charge < -0.3 is 54.1 Å². The summed E-state index contributed by atoms with van der Waals surface area (Å²) in [5, 5.41) is 55.3. The Morgan fingerprint density at radius 3 is 1.21 bits per heavy atom. The van der Waals surface area contributed by atoms with Crippen molar-refractivity contribution in [3.63, 3.8) is 0 Å². The predicted octanol–water partition coefficient (Wildman–Crippen LogP) is -5.92. The van der Waals surface area contributed by atoms with Gasteiger partial charge in [0.1, 0.15) is 0 Å². The quantitative estimate of drug-likeness (QED) is 0.224. The molecule has 19 heavy (non-hydrogen) atoms. The molecule has 11 N–H and O–H groups in total. The fraction of sp³-hybridized carbons (Fsp3) is 0.500. The number of halogens is 1. The predicted molar refractivity (Wildman–Crippen MR) is 55.5 cm³/mol. The number of hydrogen-bond acceptors (Lipinski definition) is 7. The number of carbonyl (C=O) groups is 3. The largest absolute Gasteiger partial charge is 1.00 e. The Morgan fingerprint density at radius 1 is 0.895 bits per heavy atom. The molecule has 0 aromatic carbocycles. The minimum atomic E-state index is -2.74. The molecule has 0 bridgehead atoms. The standard InChI is InChI=1S/C6H8O7.BH3O3.ClH.H3N/c7-3(8)1-6(13,5(11)12)2-4(9)10;2-1(3)4;;/h13H,1-2H2,(H,7,8)(H,9,10)(H,11,12);2-4H;1H;1H3. The Bertz CT molecular complexity index is 279. The monoisotopic (exact) mass is 307 g/mol. The lowest BCUT2D eigenvalue weighted by molar-refractivity contribution is -0.170. The van der Waals surface area contributed by atoms with Crippen molar-refractivity contribution < 1.29 is 62.3 Å². The summed E-state index contributed by atoms with van der Waals surface area (Å²) in [6, 6.07) is 0. The van der Waals surface area contributed by atoms with Gasteiger partial charge in [-0.05, 0) is 0 Å². The molecular formula is C6H15BClNO10. The maximum Gasteiger partial charge on any atom is 0.631 e. The van der Waals surface area contributed by atoms with E-state index in [1.807, 2.05) is 0 Å². The number of hydrogen-bond donors (Lipinski definition) is 8. The van der Waals surface area contributed by atoms with E-state index in [0.717, 1.165) is 0 Å². The Balaban J connectivity index is -0.000000165. The fourth-order valence-corrected chi connectivity index (χ4v) is 0.714. The van der Waals surface area contributed by atoms with Crippen LogP contribution in [0, 0.1) is 0 Å². The van der Waals surface area contributed by atoms with Gasteiger partial charge in [0.05, 0.1) is 12.8 Å². The summed E-state index contributed by atoms with van der Waals surface area (Å²) in [5.74, 6) is -5.02. The van der Waals surface area contributed by atoms with Crippen LogP contribution in [-0.2, 0) is 14.4 Å². The number of quaternary nitrogens is 1. The summed E-state index contributed by atoms with van der Waals surface area (Å²) in [4.78, 5) is 30.5. The average Bonchev–Trinajstić information content (AvgIpc) is 1.98. The maximum absolute atomic E-state index is 10.3. The second-order valence-corrected chi connectivity index (χ2v) is 2.82. The lowest BCUT2D eigenvalue weighted by Crippen LogP contribution is -3.00. The highest BCUT2D eigenvalue weighted by atomic mass is 35.5. The molecule has 0 spiro atoms. The molecule has 0 saturated heterocycles. The van der Waals surface area contributed by atoms with E-state index in [0.29, 0.717) is 0 Å². The highest BCUT2D eigenvalue weighted by molar-refractivity contribution is 6.30. The first-order valence-corrected chi connectivity index (χ1v) is 3.95. The molecule has 0 saturated carbocycles. The van der Waals surface area contributed by atoms with Crippen LogP contribution in [-0.4, -0.2) is 66.3 Å². The zero-order chi connectivity index (χ0) is 14.2. The third kappa shape index (κ3) is 16.6. The van der Waals surface area contributed by atoms with E-state index in [1.165, 1.54) is 0 Å². The van der Waals surface area contributed by atoms with Gasteiger partial charge in [0.25, 0.3) is 0 Å². The van der Waals surface area contributed by atoms with Crippen LogP contribution in [0.2, 0.25) is 0 Å². The van der Waals surface area contributed by atoms with Crippen molar-refractivity contribution in [1.82, 2.24) is 6.15 Å². The summed E-state index contributed by atoms with van der Waals surface area (Å²) >= 11 is 0.